The summed E-state index contributed by atoms with van der Waals surface area (Å²) in [5, 5.41) is 2.84. The Hall–Kier alpha value is -4.46. The van der Waals surface area contributed by atoms with Crippen molar-refractivity contribution >= 4 is 23.4 Å². The van der Waals surface area contributed by atoms with E-state index in [0.29, 0.717) is 47.3 Å². The van der Waals surface area contributed by atoms with Crippen LogP contribution in [0.25, 0.3) is 0 Å². The lowest BCUT2D eigenvalue weighted by molar-refractivity contribution is 0.0979. The number of hydrogen-bond donors (Lipinski definition) is 1. The van der Waals surface area contributed by atoms with Crippen molar-refractivity contribution in [3.63, 3.8) is 0 Å². The molecule has 2 amide bonds. The van der Waals surface area contributed by atoms with Gasteiger partial charge in [-0.15, -0.1) is 0 Å². The zero-order valence-corrected chi connectivity index (χ0v) is 18.8. The summed E-state index contributed by atoms with van der Waals surface area (Å²) in [5.41, 5.74) is 3.39. The average Bonchev–Trinajstić information content (AvgIpc) is 3.49. The minimum absolute atomic E-state index is 0.180. The van der Waals surface area contributed by atoms with Gasteiger partial charge in [0.05, 0.1) is 39.1 Å². The maximum absolute atomic E-state index is 13.4. The predicted octanol–water partition coefficient (Wildman–Crippen LogP) is 4.56. The van der Waals surface area contributed by atoms with E-state index in [9.17, 15) is 9.59 Å². The number of nitrogens with zero attached hydrogens (tertiary/aromatic N) is 2. The first-order valence-corrected chi connectivity index (χ1v) is 10.7. The Balaban J connectivity index is 1.35. The van der Waals surface area contributed by atoms with Gasteiger partial charge in [-0.25, -0.2) is 0 Å². The van der Waals surface area contributed by atoms with E-state index in [1.165, 1.54) is 7.11 Å². The summed E-state index contributed by atoms with van der Waals surface area (Å²) in [6, 6.07) is 17.6. The number of fused-ring (bicyclic) bond motifs is 2. The van der Waals surface area contributed by atoms with Crippen LogP contribution in [0.4, 0.5) is 11.6 Å². The van der Waals surface area contributed by atoms with E-state index in [4.69, 9.17) is 13.9 Å². The second-order valence-corrected chi connectivity index (χ2v) is 7.87. The Labute approximate surface area is 196 Å². The van der Waals surface area contributed by atoms with Gasteiger partial charge in [-0.2, -0.15) is 0 Å². The molecular formula is C26H23N3O5. The molecule has 0 aliphatic carbocycles. The molecule has 2 aromatic heterocycles. The minimum Gasteiger partial charge on any atom is -0.497 e. The van der Waals surface area contributed by atoms with E-state index in [1.54, 1.807) is 60.7 Å². The average molecular weight is 457 g/mol. The molecule has 172 valence electrons. The molecule has 5 rings (SSSR count). The van der Waals surface area contributed by atoms with Gasteiger partial charge in [0.25, 0.3) is 11.8 Å². The topological polar surface area (TPSA) is 85.9 Å². The van der Waals surface area contributed by atoms with Crippen LogP contribution in [-0.4, -0.2) is 30.6 Å². The van der Waals surface area contributed by atoms with Gasteiger partial charge in [0, 0.05) is 34.8 Å². The van der Waals surface area contributed by atoms with Gasteiger partial charge in [0.15, 0.2) is 0 Å². The number of rotatable bonds is 5. The highest BCUT2D eigenvalue weighted by Crippen LogP contribution is 2.30. The molecule has 0 bridgehead atoms. The van der Waals surface area contributed by atoms with Gasteiger partial charge in [0.1, 0.15) is 11.5 Å². The minimum atomic E-state index is -0.327. The summed E-state index contributed by atoms with van der Waals surface area (Å²) in [6.07, 6.45) is 3.60. The van der Waals surface area contributed by atoms with E-state index in [2.05, 4.69) is 9.88 Å². The van der Waals surface area contributed by atoms with Gasteiger partial charge in [0.2, 0.25) is 5.88 Å². The Morgan fingerprint density at radius 1 is 0.971 bits per heavy atom. The number of amides is 2. The van der Waals surface area contributed by atoms with Crippen LogP contribution in [0.3, 0.4) is 0 Å². The number of methoxy groups -OCH3 is 2. The Morgan fingerprint density at radius 2 is 1.79 bits per heavy atom. The highest BCUT2D eigenvalue weighted by Gasteiger charge is 2.27. The lowest BCUT2D eigenvalue weighted by Crippen LogP contribution is -2.30. The number of benzene rings is 2. The molecule has 1 N–H and O–H groups in total. The molecule has 1 aliphatic rings. The van der Waals surface area contributed by atoms with Crippen LogP contribution in [-0.2, 0) is 13.1 Å². The van der Waals surface area contributed by atoms with E-state index in [1.807, 2.05) is 24.4 Å². The van der Waals surface area contributed by atoms with E-state index in [-0.39, 0.29) is 11.8 Å². The summed E-state index contributed by atoms with van der Waals surface area (Å²) < 4.78 is 18.3. The number of hydrogen-bond acceptors (Lipinski definition) is 5. The maximum Gasteiger partial charge on any atom is 0.260 e. The van der Waals surface area contributed by atoms with Crippen LogP contribution in [0.2, 0.25) is 0 Å². The van der Waals surface area contributed by atoms with E-state index in [0.717, 1.165) is 11.3 Å². The van der Waals surface area contributed by atoms with Crippen molar-refractivity contribution in [1.82, 2.24) is 4.57 Å². The highest BCUT2D eigenvalue weighted by atomic mass is 16.5. The van der Waals surface area contributed by atoms with Crippen LogP contribution in [0.1, 0.15) is 32.0 Å². The van der Waals surface area contributed by atoms with Crippen molar-refractivity contribution in [3.8, 4) is 11.5 Å². The van der Waals surface area contributed by atoms with Crippen LogP contribution in [0.15, 0.2) is 77.5 Å². The lowest BCUT2D eigenvalue weighted by Gasteiger charge is -2.19. The Bertz CT molecular complexity index is 1350. The van der Waals surface area contributed by atoms with Crippen LogP contribution in [0.5, 0.6) is 11.5 Å². The Kier molecular flexibility index (Phi) is 5.55. The molecule has 0 saturated heterocycles. The van der Waals surface area contributed by atoms with Gasteiger partial charge in [-0.05, 0) is 54.6 Å². The Morgan fingerprint density at radius 3 is 2.56 bits per heavy atom. The number of furan rings is 1. The first-order valence-electron chi connectivity index (χ1n) is 10.7. The third kappa shape index (κ3) is 3.90. The number of ether oxygens (including phenoxy) is 2. The molecule has 8 heteroatoms. The number of nitrogens with one attached hydrogen (secondary N) is 1. The number of carbonyl (C=O) groups is 2. The molecule has 0 unspecified atom stereocenters. The third-order valence-corrected chi connectivity index (χ3v) is 5.84. The summed E-state index contributed by atoms with van der Waals surface area (Å²) in [4.78, 5) is 27.8. The molecule has 1 aliphatic heterocycles. The van der Waals surface area contributed by atoms with Crippen molar-refractivity contribution < 1.29 is 23.5 Å². The maximum atomic E-state index is 13.4. The molecule has 8 nitrogen and oxygen atoms in total. The molecule has 0 saturated carbocycles. The molecule has 0 radical (unpaired) electrons. The fraction of sp³-hybridized carbons (Fsp3) is 0.154. The monoisotopic (exact) mass is 457 g/mol. The van der Waals surface area contributed by atoms with Crippen LogP contribution < -0.4 is 19.7 Å². The van der Waals surface area contributed by atoms with Crippen molar-refractivity contribution in [3.05, 3.63) is 95.5 Å². The van der Waals surface area contributed by atoms with Gasteiger partial charge < -0.3 is 23.8 Å². The zero-order chi connectivity index (χ0) is 23.7. The predicted molar refractivity (Wildman–Crippen MR) is 127 cm³/mol. The second-order valence-electron chi connectivity index (χ2n) is 7.87. The fourth-order valence-electron chi connectivity index (χ4n) is 4.05. The number of anilines is 2. The SMILES string of the molecule is COc1ccc(C(=O)Nc2ccc(C(=O)N3Cc4cccn4Cc4ccoc43)cc2)c(OC)c1. The summed E-state index contributed by atoms with van der Waals surface area (Å²) >= 11 is 0. The largest absolute Gasteiger partial charge is 0.497 e. The fourth-order valence-corrected chi connectivity index (χ4v) is 4.05. The third-order valence-electron chi connectivity index (χ3n) is 5.84. The molecule has 0 spiro atoms. The summed E-state index contributed by atoms with van der Waals surface area (Å²) in [5.74, 6) is 1.05. The summed E-state index contributed by atoms with van der Waals surface area (Å²) in [6.45, 7) is 1.06. The molecule has 0 fully saturated rings. The number of aromatic nitrogens is 1. The number of carbonyl (C=O) groups excluding carboxylic acids is 2. The van der Waals surface area contributed by atoms with E-state index >= 15 is 0 Å². The summed E-state index contributed by atoms with van der Waals surface area (Å²) in [7, 11) is 3.05. The van der Waals surface area contributed by atoms with Crippen molar-refractivity contribution in [2.45, 2.75) is 13.1 Å². The lowest BCUT2D eigenvalue weighted by atomic mass is 10.1. The molecule has 2 aromatic carbocycles. The first kappa shape index (κ1) is 21.4. The van der Waals surface area contributed by atoms with Crippen molar-refractivity contribution in [2.24, 2.45) is 0 Å². The molecule has 34 heavy (non-hydrogen) atoms. The molecule has 4 aromatic rings. The second kappa shape index (κ2) is 8.82. The standard InChI is InChI=1S/C26H23N3O5/c1-32-21-9-10-22(23(14-21)33-2)24(30)27-19-7-5-17(6-8-19)25(31)29-16-20-4-3-12-28(20)15-18-11-13-34-26(18)29/h3-14H,15-16H2,1-2H3,(H,27,30). The molecular weight excluding hydrogens is 434 g/mol. The smallest absolute Gasteiger partial charge is 0.260 e. The van der Waals surface area contributed by atoms with Gasteiger partial charge in [-0.3, -0.25) is 14.5 Å². The van der Waals surface area contributed by atoms with E-state index < -0.39 is 0 Å². The highest BCUT2D eigenvalue weighted by molar-refractivity contribution is 6.08. The molecule has 0 atom stereocenters. The van der Waals surface area contributed by atoms with Gasteiger partial charge >= 0.3 is 0 Å². The van der Waals surface area contributed by atoms with Crippen molar-refractivity contribution in [2.75, 3.05) is 24.4 Å². The normalized spacial score (nSPS) is 12.4. The molecule has 3 heterocycles. The van der Waals surface area contributed by atoms with Crippen LogP contribution >= 0.6 is 0 Å². The first-order chi connectivity index (χ1) is 16.6. The van der Waals surface area contributed by atoms with Gasteiger partial charge in [-0.1, -0.05) is 0 Å². The quantitative estimate of drug-likeness (QED) is 0.475. The van der Waals surface area contributed by atoms with Crippen molar-refractivity contribution in [1.29, 1.82) is 0 Å². The zero-order valence-electron chi connectivity index (χ0n) is 18.8. The van der Waals surface area contributed by atoms with Crippen LogP contribution in [0, 0.1) is 0 Å².